The molecule has 1 saturated heterocycles. The van der Waals surface area contributed by atoms with Gasteiger partial charge in [-0.15, -0.1) is 0 Å². The lowest BCUT2D eigenvalue weighted by molar-refractivity contribution is 0.0578. The van der Waals surface area contributed by atoms with Crippen LogP contribution in [0.4, 0.5) is 4.39 Å². The Morgan fingerprint density at radius 1 is 1.21 bits per heavy atom. The lowest BCUT2D eigenvalue weighted by Gasteiger charge is -2.35. The van der Waals surface area contributed by atoms with Crippen LogP contribution in [0.5, 0.6) is 0 Å². The van der Waals surface area contributed by atoms with Crippen LogP contribution in [0.1, 0.15) is 37.3 Å². The Kier molecular flexibility index (Phi) is 5.64. The normalized spacial score (nSPS) is 23.2. The van der Waals surface area contributed by atoms with Crippen molar-refractivity contribution >= 4 is 16.6 Å². The second-order valence-corrected chi connectivity index (χ2v) is 9.55. The zero-order chi connectivity index (χ0) is 23.0. The Morgan fingerprint density at radius 3 is 2.73 bits per heavy atom. The van der Waals surface area contributed by atoms with Gasteiger partial charge in [-0.1, -0.05) is 35.9 Å². The van der Waals surface area contributed by atoms with Crippen molar-refractivity contribution in [3.8, 4) is 17.3 Å². The Bertz CT molecular complexity index is 1290. The predicted octanol–water partition coefficient (Wildman–Crippen LogP) is 5.98. The molecule has 0 radical (unpaired) electrons. The number of hydrogen-bond donors (Lipinski definition) is 1. The summed E-state index contributed by atoms with van der Waals surface area (Å²) in [4.78, 5) is 5.08. The van der Waals surface area contributed by atoms with Gasteiger partial charge in [0.05, 0.1) is 22.8 Å². The number of pyridine rings is 1. The summed E-state index contributed by atoms with van der Waals surface area (Å²) in [6.07, 6.45) is 8.10. The number of nitrogens with one attached hydrogen (secondary N) is 1. The second-order valence-electron chi connectivity index (χ2n) is 9.55. The third-order valence-corrected chi connectivity index (χ3v) is 7.17. The first-order valence-electron chi connectivity index (χ1n) is 11.7. The maximum Gasteiger partial charge on any atom is 0.115 e. The molecule has 5 rings (SSSR count). The van der Waals surface area contributed by atoms with Crippen LogP contribution in [0.15, 0.2) is 60.3 Å². The number of aromatic nitrogens is 2. The van der Waals surface area contributed by atoms with E-state index in [0.29, 0.717) is 19.5 Å². The highest BCUT2D eigenvalue weighted by molar-refractivity contribution is 5.89. The standard InChI is InChI=1S/C28H29FN4/c1-19-3-7-22(8-4-19)27-24(21-9-5-20(16-30)6-10-21)15-26-25(32-27)11-14-33(26)18-23-17-31-13-12-28(23,2)29/h3-5,7-9,11,14-15,23,31H,6,10,12-13,17-18H2,1-2H3. The predicted molar refractivity (Wildman–Crippen MR) is 131 cm³/mol. The molecule has 3 heterocycles. The third-order valence-electron chi connectivity index (χ3n) is 7.17. The number of hydrogen-bond acceptors (Lipinski definition) is 3. The van der Waals surface area contributed by atoms with E-state index in [1.54, 1.807) is 6.92 Å². The van der Waals surface area contributed by atoms with Gasteiger partial charge in [-0.05, 0) is 63.4 Å². The summed E-state index contributed by atoms with van der Waals surface area (Å²) in [6.45, 7) is 5.84. The third kappa shape index (κ3) is 4.24. The van der Waals surface area contributed by atoms with Crippen LogP contribution in [0, 0.1) is 24.2 Å². The van der Waals surface area contributed by atoms with Gasteiger partial charge in [0.1, 0.15) is 5.67 Å². The molecular formula is C28H29FN4. The van der Waals surface area contributed by atoms with Crippen molar-refractivity contribution in [3.63, 3.8) is 0 Å². The molecule has 1 N–H and O–H groups in total. The topological polar surface area (TPSA) is 53.6 Å². The van der Waals surface area contributed by atoms with Crippen molar-refractivity contribution in [2.75, 3.05) is 13.1 Å². The SMILES string of the molecule is Cc1ccc(-c2nc3ccn(CC4CNCCC4(C)F)c3cc2C2=CC=C(C#N)CC2)cc1. The molecule has 0 saturated carbocycles. The van der Waals surface area contributed by atoms with Crippen LogP contribution in [-0.2, 0) is 6.54 Å². The molecule has 1 aliphatic carbocycles. The second kappa shape index (κ2) is 8.61. The molecule has 0 spiro atoms. The van der Waals surface area contributed by atoms with E-state index < -0.39 is 5.67 Å². The molecule has 4 nitrogen and oxygen atoms in total. The van der Waals surface area contributed by atoms with Gasteiger partial charge in [-0.3, -0.25) is 0 Å². The van der Waals surface area contributed by atoms with Gasteiger partial charge in [0.2, 0.25) is 0 Å². The molecule has 2 atom stereocenters. The molecule has 1 aliphatic heterocycles. The van der Waals surface area contributed by atoms with Gasteiger partial charge >= 0.3 is 0 Å². The Balaban J connectivity index is 1.61. The van der Waals surface area contributed by atoms with Gasteiger partial charge in [0.25, 0.3) is 0 Å². The minimum absolute atomic E-state index is 0.0860. The molecule has 1 aromatic carbocycles. The smallest absolute Gasteiger partial charge is 0.115 e. The molecule has 0 bridgehead atoms. The maximum atomic E-state index is 15.2. The van der Waals surface area contributed by atoms with Crippen LogP contribution in [-0.4, -0.2) is 28.3 Å². The summed E-state index contributed by atoms with van der Waals surface area (Å²) < 4.78 is 17.3. The number of halogens is 1. The summed E-state index contributed by atoms with van der Waals surface area (Å²) in [6, 6.07) is 15.0. The molecule has 2 aromatic heterocycles. The number of allylic oxidation sites excluding steroid dienone is 4. The number of aryl methyl sites for hydroxylation is 1. The summed E-state index contributed by atoms with van der Waals surface area (Å²) in [5.74, 6) is -0.0860. The zero-order valence-corrected chi connectivity index (χ0v) is 19.2. The fourth-order valence-electron chi connectivity index (χ4n) is 4.92. The quantitative estimate of drug-likeness (QED) is 0.543. The van der Waals surface area contributed by atoms with E-state index in [0.717, 1.165) is 52.8 Å². The van der Waals surface area contributed by atoms with E-state index in [9.17, 15) is 5.26 Å². The van der Waals surface area contributed by atoms with Crippen molar-refractivity contribution < 1.29 is 4.39 Å². The number of benzene rings is 1. The van der Waals surface area contributed by atoms with E-state index in [1.807, 2.05) is 18.3 Å². The largest absolute Gasteiger partial charge is 0.346 e. The van der Waals surface area contributed by atoms with E-state index in [-0.39, 0.29) is 5.92 Å². The number of alkyl halides is 1. The Hall–Kier alpha value is -3.23. The highest BCUT2D eigenvalue weighted by Gasteiger charge is 2.36. The van der Waals surface area contributed by atoms with Gasteiger partial charge in [-0.2, -0.15) is 5.26 Å². The molecule has 0 amide bonds. The summed E-state index contributed by atoms with van der Waals surface area (Å²) in [5, 5.41) is 12.6. The van der Waals surface area contributed by atoms with Crippen LogP contribution < -0.4 is 5.32 Å². The lowest BCUT2D eigenvalue weighted by Crippen LogP contribution is -2.47. The zero-order valence-electron chi connectivity index (χ0n) is 19.2. The number of piperidine rings is 1. The van der Waals surface area contributed by atoms with E-state index in [1.165, 1.54) is 11.1 Å². The van der Waals surface area contributed by atoms with Crippen molar-refractivity contribution in [2.45, 2.75) is 45.3 Å². The van der Waals surface area contributed by atoms with E-state index >= 15 is 4.39 Å². The van der Waals surface area contributed by atoms with Gasteiger partial charge in [0, 0.05) is 41.9 Å². The maximum absolute atomic E-state index is 15.2. The van der Waals surface area contributed by atoms with Crippen LogP contribution in [0.3, 0.4) is 0 Å². The number of nitrogens with zero attached hydrogens (tertiary/aromatic N) is 3. The first-order valence-corrected chi connectivity index (χ1v) is 11.7. The minimum Gasteiger partial charge on any atom is -0.346 e. The molecule has 2 unspecified atom stereocenters. The van der Waals surface area contributed by atoms with Crippen LogP contribution in [0.25, 0.3) is 27.9 Å². The number of rotatable bonds is 4. The van der Waals surface area contributed by atoms with Crippen molar-refractivity contribution in [2.24, 2.45) is 5.92 Å². The average Bonchev–Trinajstić information content (AvgIpc) is 3.22. The number of fused-ring (bicyclic) bond motifs is 1. The van der Waals surface area contributed by atoms with Crippen molar-refractivity contribution in [1.29, 1.82) is 5.26 Å². The average molecular weight is 441 g/mol. The molecule has 33 heavy (non-hydrogen) atoms. The summed E-state index contributed by atoms with van der Waals surface area (Å²) in [7, 11) is 0. The molecule has 5 heteroatoms. The Morgan fingerprint density at radius 2 is 2.03 bits per heavy atom. The fourth-order valence-corrected chi connectivity index (χ4v) is 4.92. The summed E-state index contributed by atoms with van der Waals surface area (Å²) >= 11 is 0. The highest BCUT2D eigenvalue weighted by Crippen LogP contribution is 2.36. The molecule has 168 valence electrons. The highest BCUT2D eigenvalue weighted by atomic mass is 19.1. The molecule has 2 aliphatic rings. The number of nitriles is 1. The van der Waals surface area contributed by atoms with E-state index in [2.05, 4.69) is 59.3 Å². The summed E-state index contributed by atoms with van der Waals surface area (Å²) in [5.41, 5.74) is 7.09. The van der Waals surface area contributed by atoms with Crippen LogP contribution >= 0.6 is 0 Å². The lowest BCUT2D eigenvalue weighted by atomic mass is 9.85. The fraction of sp³-hybridized carbons (Fsp3) is 0.357. The molecule has 3 aromatic rings. The van der Waals surface area contributed by atoms with Crippen molar-refractivity contribution in [3.05, 3.63) is 71.4 Å². The van der Waals surface area contributed by atoms with E-state index in [4.69, 9.17) is 4.98 Å². The van der Waals surface area contributed by atoms with Crippen LogP contribution in [0.2, 0.25) is 0 Å². The molecule has 1 fully saturated rings. The minimum atomic E-state index is -1.18. The molecular weight excluding hydrogens is 411 g/mol. The van der Waals surface area contributed by atoms with Crippen molar-refractivity contribution in [1.82, 2.24) is 14.9 Å². The van der Waals surface area contributed by atoms with Gasteiger partial charge in [0.15, 0.2) is 0 Å². The van der Waals surface area contributed by atoms with Gasteiger partial charge in [-0.25, -0.2) is 9.37 Å². The van der Waals surface area contributed by atoms with Gasteiger partial charge < -0.3 is 9.88 Å². The Labute approximate surface area is 194 Å². The monoisotopic (exact) mass is 440 g/mol. The first-order chi connectivity index (χ1) is 15.9. The first kappa shape index (κ1) is 21.6.